The predicted octanol–water partition coefficient (Wildman–Crippen LogP) is 3.78. The van der Waals surface area contributed by atoms with E-state index in [2.05, 4.69) is 14.7 Å². The summed E-state index contributed by atoms with van der Waals surface area (Å²) in [6, 6.07) is 5.73. The van der Waals surface area contributed by atoms with Gasteiger partial charge in [-0.2, -0.15) is 23.2 Å². The van der Waals surface area contributed by atoms with Gasteiger partial charge in [0.2, 0.25) is 5.90 Å². The number of carbonyl (C=O) groups is 1. The minimum Gasteiger partial charge on any atom is -0.462 e. The first kappa shape index (κ1) is 20.4. The molecule has 0 bridgehead atoms. The van der Waals surface area contributed by atoms with Gasteiger partial charge in [0, 0.05) is 23.7 Å². The van der Waals surface area contributed by atoms with Gasteiger partial charge in [0.25, 0.3) is 6.02 Å². The number of ether oxygens (including phenoxy) is 2. The van der Waals surface area contributed by atoms with Gasteiger partial charge < -0.3 is 14.4 Å². The highest BCUT2D eigenvalue weighted by Crippen LogP contribution is 2.39. The molecule has 0 spiro atoms. The summed E-state index contributed by atoms with van der Waals surface area (Å²) in [4.78, 5) is 21.2. The van der Waals surface area contributed by atoms with Gasteiger partial charge in [0.15, 0.2) is 0 Å². The van der Waals surface area contributed by atoms with Crippen LogP contribution in [0.25, 0.3) is 0 Å². The summed E-state index contributed by atoms with van der Waals surface area (Å²) in [5.74, 6) is -1.98. The standard InChI is InChI=1S/C18H19ClF3N3O3/c1-2-27-15(26)17(18(20,21)22)23-14(12-7-6-8-13(19)11-12)28-16(24-17)25-9-4-3-5-10-25/h6-8,11H,2-5,9-10H2,1H3/t17-/m1/s1. The zero-order valence-electron chi connectivity index (χ0n) is 15.1. The van der Waals surface area contributed by atoms with Gasteiger partial charge in [-0.3, -0.25) is 0 Å². The molecule has 152 valence electrons. The molecule has 6 nitrogen and oxygen atoms in total. The average Bonchev–Trinajstić information content (AvgIpc) is 2.67. The Morgan fingerprint density at radius 1 is 1.29 bits per heavy atom. The Kier molecular flexibility index (Phi) is 5.83. The van der Waals surface area contributed by atoms with Crippen LogP contribution in [0.2, 0.25) is 5.02 Å². The molecule has 0 aliphatic carbocycles. The number of hydrogen-bond donors (Lipinski definition) is 0. The minimum absolute atomic E-state index is 0.204. The number of aliphatic imine (C=N–C) groups is 2. The lowest BCUT2D eigenvalue weighted by atomic mass is 10.1. The number of rotatable bonds is 3. The van der Waals surface area contributed by atoms with Crippen molar-refractivity contribution in [3.05, 3.63) is 34.9 Å². The summed E-state index contributed by atoms with van der Waals surface area (Å²) in [5, 5.41) is 0.291. The van der Waals surface area contributed by atoms with Crippen LogP contribution < -0.4 is 0 Å². The molecule has 1 aromatic carbocycles. The molecular weight excluding hydrogens is 399 g/mol. The Morgan fingerprint density at radius 2 is 2.00 bits per heavy atom. The SMILES string of the molecule is CCOC(=O)[C@@]1(C(F)(F)F)N=C(c2cccc(Cl)c2)OC(N2CCCCC2)=N1. The van der Waals surface area contributed by atoms with E-state index in [9.17, 15) is 18.0 Å². The van der Waals surface area contributed by atoms with Crippen molar-refractivity contribution in [2.45, 2.75) is 38.0 Å². The fourth-order valence-corrected chi connectivity index (χ4v) is 3.16. The highest BCUT2D eigenvalue weighted by molar-refractivity contribution is 6.31. The van der Waals surface area contributed by atoms with E-state index in [0.717, 1.165) is 19.3 Å². The molecule has 1 fully saturated rings. The Morgan fingerprint density at radius 3 is 2.61 bits per heavy atom. The fourth-order valence-electron chi connectivity index (χ4n) is 2.97. The molecule has 1 aromatic rings. The number of piperidine rings is 1. The number of nitrogens with zero attached hydrogens (tertiary/aromatic N) is 3. The Balaban J connectivity index is 2.14. The fraction of sp³-hybridized carbons (Fsp3) is 0.500. The lowest BCUT2D eigenvalue weighted by Crippen LogP contribution is -2.55. The Labute approximate surface area is 165 Å². The molecule has 1 saturated heterocycles. The van der Waals surface area contributed by atoms with E-state index in [-0.39, 0.29) is 24.1 Å². The molecule has 0 unspecified atom stereocenters. The van der Waals surface area contributed by atoms with Gasteiger partial charge in [0.1, 0.15) is 0 Å². The van der Waals surface area contributed by atoms with E-state index in [4.69, 9.17) is 16.3 Å². The van der Waals surface area contributed by atoms with Crippen LogP contribution in [0.3, 0.4) is 0 Å². The molecule has 3 rings (SSSR count). The van der Waals surface area contributed by atoms with E-state index < -0.39 is 17.8 Å². The number of alkyl halides is 3. The predicted molar refractivity (Wildman–Crippen MR) is 97.4 cm³/mol. The third-order valence-corrected chi connectivity index (χ3v) is 4.60. The van der Waals surface area contributed by atoms with Gasteiger partial charge >= 0.3 is 17.8 Å². The highest BCUT2D eigenvalue weighted by atomic mass is 35.5. The lowest BCUT2D eigenvalue weighted by molar-refractivity contribution is -0.204. The molecule has 2 heterocycles. The lowest BCUT2D eigenvalue weighted by Gasteiger charge is -2.35. The van der Waals surface area contributed by atoms with Gasteiger partial charge in [-0.1, -0.05) is 17.7 Å². The van der Waals surface area contributed by atoms with Crippen molar-refractivity contribution in [1.82, 2.24) is 4.90 Å². The van der Waals surface area contributed by atoms with Crippen LogP contribution in [0.5, 0.6) is 0 Å². The van der Waals surface area contributed by atoms with Crippen molar-refractivity contribution in [2.24, 2.45) is 9.98 Å². The maximum absolute atomic E-state index is 14.1. The summed E-state index contributed by atoms with van der Waals surface area (Å²) >= 11 is 5.96. The van der Waals surface area contributed by atoms with Crippen molar-refractivity contribution in [2.75, 3.05) is 19.7 Å². The summed E-state index contributed by atoms with van der Waals surface area (Å²) in [6.07, 6.45) is -2.59. The first-order valence-electron chi connectivity index (χ1n) is 8.89. The zero-order chi connectivity index (χ0) is 20.4. The zero-order valence-corrected chi connectivity index (χ0v) is 15.9. The van der Waals surface area contributed by atoms with Crippen LogP contribution >= 0.6 is 11.6 Å². The van der Waals surface area contributed by atoms with Crippen molar-refractivity contribution < 1.29 is 27.4 Å². The smallest absolute Gasteiger partial charge is 0.446 e. The van der Waals surface area contributed by atoms with E-state index in [1.54, 1.807) is 17.0 Å². The molecule has 0 saturated carbocycles. The van der Waals surface area contributed by atoms with E-state index in [1.165, 1.54) is 19.1 Å². The molecule has 0 N–H and O–H groups in total. The molecule has 2 aliphatic heterocycles. The topological polar surface area (TPSA) is 63.5 Å². The number of hydrogen-bond acceptors (Lipinski definition) is 6. The molecule has 0 radical (unpaired) electrons. The quantitative estimate of drug-likeness (QED) is 0.702. The third-order valence-electron chi connectivity index (χ3n) is 4.36. The monoisotopic (exact) mass is 417 g/mol. The van der Waals surface area contributed by atoms with Crippen molar-refractivity contribution in [3.8, 4) is 0 Å². The molecular formula is C18H19ClF3N3O3. The van der Waals surface area contributed by atoms with Crippen LogP contribution in [0.15, 0.2) is 34.3 Å². The minimum atomic E-state index is -5.12. The third kappa shape index (κ3) is 3.94. The number of likely N-dealkylation sites (tertiary alicyclic amines) is 1. The number of amidine groups is 1. The van der Waals surface area contributed by atoms with Crippen LogP contribution in [0, 0.1) is 0 Å². The van der Waals surface area contributed by atoms with Crippen molar-refractivity contribution >= 4 is 29.5 Å². The van der Waals surface area contributed by atoms with Gasteiger partial charge in [-0.25, -0.2) is 4.79 Å². The highest BCUT2D eigenvalue weighted by Gasteiger charge is 2.65. The molecule has 0 amide bonds. The second kappa shape index (κ2) is 7.98. The maximum atomic E-state index is 14.1. The number of esters is 1. The summed E-state index contributed by atoms with van der Waals surface area (Å²) in [7, 11) is 0. The summed E-state index contributed by atoms with van der Waals surface area (Å²) < 4.78 is 52.5. The van der Waals surface area contributed by atoms with Crippen molar-refractivity contribution in [1.29, 1.82) is 0 Å². The van der Waals surface area contributed by atoms with Gasteiger partial charge in [-0.05, 0) is 44.4 Å². The van der Waals surface area contributed by atoms with Crippen LogP contribution in [-0.4, -0.2) is 54.3 Å². The van der Waals surface area contributed by atoms with E-state index in [1.807, 2.05) is 0 Å². The normalized spacial score (nSPS) is 22.8. The largest absolute Gasteiger partial charge is 0.462 e. The first-order chi connectivity index (χ1) is 13.3. The molecule has 28 heavy (non-hydrogen) atoms. The van der Waals surface area contributed by atoms with Gasteiger partial charge in [-0.15, -0.1) is 0 Å². The van der Waals surface area contributed by atoms with Crippen LogP contribution in [-0.2, 0) is 14.3 Å². The molecule has 0 aromatic heterocycles. The number of benzene rings is 1. The van der Waals surface area contributed by atoms with Gasteiger partial charge in [0.05, 0.1) is 6.61 Å². The van der Waals surface area contributed by atoms with Crippen molar-refractivity contribution in [3.63, 3.8) is 0 Å². The van der Waals surface area contributed by atoms with Crippen LogP contribution in [0.1, 0.15) is 31.7 Å². The number of carbonyl (C=O) groups excluding carboxylic acids is 1. The molecule has 1 atom stereocenters. The van der Waals surface area contributed by atoms with E-state index in [0.29, 0.717) is 18.1 Å². The van der Waals surface area contributed by atoms with E-state index >= 15 is 0 Å². The number of halogens is 4. The molecule has 10 heteroatoms. The second-order valence-electron chi connectivity index (χ2n) is 6.36. The maximum Gasteiger partial charge on any atom is 0.446 e. The summed E-state index contributed by atoms with van der Waals surface area (Å²) in [5.41, 5.74) is -3.22. The Bertz CT molecular complexity index is 807. The summed E-state index contributed by atoms with van der Waals surface area (Å²) in [6.45, 7) is 2.11. The second-order valence-corrected chi connectivity index (χ2v) is 6.80. The average molecular weight is 418 g/mol. The first-order valence-corrected chi connectivity index (χ1v) is 9.27. The van der Waals surface area contributed by atoms with Crippen LogP contribution in [0.4, 0.5) is 13.2 Å². The Hall–Kier alpha value is -2.29. The molecule has 2 aliphatic rings.